The van der Waals surface area contributed by atoms with Crippen LogP contribution < -0.4 is 5.32 Å². The molecule has 0 amide bonds. The molecule has 0 fully saturated rings. The third-order valence-electron chi connectivity index (χ3n) is 2.01. The fraction of sp³-hybridized carbons (Fsp3) is 0.455. The average molecular weight is 240 g/mol. The molecule has 88 valence electrons. The van der Waals surface area contributed by atoms with E-state index in [4.69, 9.17) is 5.11 Å². The molecule has 0 aromatic carbocycles. The molecule has 0 aliphatic rings. The number of aromatic nitrogens is 1. The molecule has 1 rings (SSSR count). The lowest BCUT2D eigenvalue weighted by molar-refractivity contribution is 0.0696. The quantitative estimate of drug-likeness (QED) is 0.826. The summed E-state index contributed by atoms with van der Waals surface area (Å²) in [5.74, 6) is 0.655. The van der Waals surface area contributed by atoms with Crippen molar-refractivity contribution in [1.82, 2.24) is 4.98 Å². The molecule has 1 aromatic heterocycles. The molecule has 1 atom stereocenters. The summed E-state index contributed by atoms with van der Waals surface area (Å²) >= 11 is 1.74. The van der Waals surface area contributed by atoms with E-state index in [0.717, 1.165) is 5.75 Å². The molecule has 0 aliphatic carbocycles. The van der Waals surface area contributed by atoms with Gasteiger partial charge in [0, 0.05) is 17.5 Å². The third kappa shape index (κ3) is 3.73. The normalized spacial score (nSPS) is 12.2. The Balaban J connectivity index is 2.84. The molecule has 16 heavy (non-hydrogen) atoms. The van der Waals surface area contributed by atoms with Gasteiger partial charge in [-0.1, -0.05) is 0 Å². The lowest BCUT2D eigenvalue weighted by Gasteiger charge is -2.13. The van der Waals surface area contributed by atoms with Crippen LogP contribution in [0.4, 0.5) is 5.82 Å². The van der Waals surface area contributed by atoms with E-state index >= 15 is 0 Å². The van der Waals surface area contributed by atoms with E-state index in [2.05, 4.69) is 10.3 Å². The highest BCUT2D eigenvalue weighted by Gasteiger charge is 2.08. The predicted octanol–water partition coefficient (Wildman–Crippen LogP) is 2.25. The molecule has 0 bridgehead atoms. The minimum Gasteiger partial charge on any atom is -0.478 e. The van der Waals surface area contributed by atoms with Crippen molar-refractivity contribution in [2.75, 3.05) is 17.3 Å². The highest BCUT2D eigenvalue weighted by molar-refractivity contribution is 7.98. The van der Waals surface area contributed by atoms with Crippen LogP contribution in [0.1, 0.15) is 23.0 Å². The topological polar surface area (TPSA) is 62.2 Å². The summed E-state index contributed by atoms with van der Waals surface area (Å²) in [5, 5.41) is 12.1. The van der Waals surface area contributed by atoms with E-state index in [0.29, 0.717) is 11.5 Å². The number of hydrogen-bond donors (Lipinski definition) is 2. The molecule has 2 N–H and O–H groups in total. The lowest BCUT2D eigenvalue weighted by Crippen LogP contribution is -2.19. The summed E-state index contributed by atoms with van der Waals surface area (Å²) in [4.78, 5) is 15.1. The van der Waals surface area contributed by atoms with Crippen LogP contribution >= 0.6 is 11.8 Å². The van der Waals surface area contributed by atoms with Gasteiger partial charge in [-0.15, -0.1) is 0 Å². The number of hydrogen-bond acceptors (Lipinski definition) is 4. The van der Waals surface area contributed by atoms with E-state index in [9.17, 15) is 4.79 Å². The van der Waals surface area contributed by atoms with Crippen LogP contribution in [0.15, 0.2) is 12.1 Å². The monoisotopic (exact) mass is 240 g/mol. The number of thioether (sulfide) groups is 1. The molecule has 0 saturated heterocycles. The summed E-state index contributed by atoms with van der Waals surface area (Å²) in [6.07, 6.45) is 2.03. The first-order valence-electron chi connectivity index (χ1n) is 5.00. The number of aryl methyl sites for hydroxylation is 1. The third-order valence-corrected chi connectivity index (χ3v) is 2.84. The maximum Gasteiger partial charge on any atom is 0.335 e. The van der Waals surface area contributed by atoms with Crippen LogP contribution in [0.25, 0.3) is 0 Å². The molecule has 5 heteroatoms. The van der Waals surface area contributed by atoms with Gasteiger partial charge in [0.1, 0.15) is 5.82 Å². The first kappa shape index (κ1) is 12.8. The predicted molar refractivity (Wildman–Crippen MR) is 67.4 cm³/mol. The van der Waals surface area contributed by atoms with Gasteiger partial charge >= 0.3 is 5.97 Å². The summed E-state index contributed by atoms with van der Waals surface area (Å²) in [7, 11) is 0. The van der Waals surface area contributed by atoms with E-state index < -0.39 is 5.97 Å². The molecule has 4 nitrogen and oxygen atoms in total. The standard InChI is InChI=1S/C11H16N2O2S/c1-7-4-9(11(14)15)5-10(12-7)13-8(2)6-16-3/h4-5,8H,6H2,1-3H3,(H,12,13)(H,14,15). The van der Waals surface area contributed by atoms with Gasteiger partial charge in [-0.25, -0.2) is 9.78 Å². The Bertz CT molecular complexity index is 382. The zero-order valence-electron chi connectivity index (χ0n) is 9.65. The number of nitrogens with zero attached hydrogens (tertiary/aromatic N) is 1. The minimum atomic E-state index is -0.925. The Kier molecular flexibility index (Phi) is 4.61. The van der Waals surface area contributed by atoms with Crippen molar-refractivity contribution in [3.05, 3.63) is 23.4 Å². The SMILES string of the molecule is CSCC(C)Nc1cc(C(=O)O)cc(C)n1. The number of carbonyl (C=O) groups is 1. The maximum atomic E-state index is 10.9. The first-order valence-corrected chi connectivity index (χ1v) is 6.39. The number of nitrogens with one attached hydrogen (secondary N) is 1. The largest absolute Gasteiger partial charge is 0.478 e. The van der Waals surface area contributed by atoms with Crippen LogP contribution in [-0.2, 0) is 0 Å². The molecule has 0 spiro atoms. The highest BCUT2D eigenvalue weighted by Crippen LogP contribution is 2.12. The van der Waals surface area contributed by atoms with Crippen molar-refractivity contribution in [1.29, 1.82) is 0 Å². The fourth-order valence-corrected chi connectivity index (χ4v) is 1.99. The molecular weight excluding hydrogens is 224 g/mol. The smallest absolute Gasteiger partial charge is 0.335 e. The Hall–Kier alpha value is -1.23. The van der Waals surface area contributed by atoms with Crippen LogP contribution in [-0.4, -0.2) is 34.1 Å². The second-order valence-electron chi connectivity index (χ2n) is 3.69. The Labute approximate surface area is 99.5 Å². The molecule has 0 saturated carbocycles. The average Bonchev–Trinajstić information content (AvgIpc) is 2.16. The second kappa shape index (κ2) is 5.75. The summed E-state index contributed by atoms with van der Waals surface area (Å²) < 4.78 is 0. The summed E-state index contributed by atoms with van der Waals surface area (Å²) in [5.41, 5.74) is 0.977. The van der Waals surface area contributed by atoms with Gasteiger partial charge in [-0.05, 0) is 32.2 Å². The lowest BCUT2D eigenvalue weighted by atomic mass is 10.2. The van der Waals surface area contributed by atoms with E-state index in [-0.39, 0.29) is 11.6 Å². The minimum absolute atomic E-state index is 0.269. The summed E-state index contributed by atoms with van der Waals surface area (Å²) in [6.45, 7) is 3.83. The Morgan fingerprint density at radius 3 is 2.88 bits per heavy atom. The number of anilines is 1. The second-order valence-corrected chi connectivity index (χ2v) is 4.60. The van der Waals surface area contributed by atoms with Crippen molar-refractivity contribution in [3.8, 4) is 0 Å². The van der Waals surface area contributed by atoms with Crippen LogP contribution in [0, 0.1) is 6.92 Å². The van der Waals surface area contributed by atoms with E-state index in [1.54, 1.807) is 30.8 Å². The van der Waals surface area contributed by atoms with Gasteiger partial charge < -0.3 is 10.4 Å². The molecule has 1 aromatic rings. The Morgan fingerprint density at radius 1 is 1.62 bits per heavy atom. The van der Waals surface area contributed by atoms with Crippen molar-refractivity contribution in [3.63, 3.8) is 0 Å². The van der Waals surface area contributed by atoms with Gasteiger partial charge in [0.05, 0.1) is 5.56 Å². The molecule has 1 unspecified atom stereocenters. The number of rotatable bonds is 5. The van der Waals surface area contributed by atoms with Crippen molar-refractivity contribution >= 4 is 23.5 Å². The van der Waals surface area contributed by atoms with Crippen LogP contribution in [0.3, 0.4) is 0 Å². The van der Waals surface area contributed by atoms with Gasteiger partial charge in [0.15, 0.2) is 0 Å². The number of pyridine rings is 1. The molecule has 0 aliphatic heterocycles. The van der Waals surface area contributed by atoms with Gasteiger partial charge in [0.25, 0.3) is 0 Å². The van der Waals surface area contributed by atoms with Crippen molar-refractivity contribution in [2.24, 2.45) is 0 Å². The number of carboxylic acid groups (broad SMARTS) is 1. The van der Waals surface area contributed by atoms with Gasteiger partial charge in [-0.3, -0.25) is 0 Å². The Morgan fingerprint density at radius 2 is 2.31 bits per heavy atom. The van der Waals surface area contributed by atoms with Gasteiger partial charge in [-0.2, -0.15) is 11.8 Å². The van der Waals surface area contributed by atoms with E-state index in [1.165, 1.54) is 0 Å². The maximum absolute atomic E-state index is 10.9. The van der Waals surface area contributed by atoms with Gasteiger partial charge in [0.2, 0.25) is 0 Å². The van der Waals surface area contributed by atoms with Crippen molar-refractivity contribution < 1.29 is 9.90 Å². The van der Waals surface area contributed by atoms with E-state index in [1.807, 2.05) is 13.2 Å². The molecule has 1 heterocycles. The number of aromatic carboxylic acids is 1. The molecular formula is C11H16N2O2S. The van der Waals surface area contributed by atoms with Crippen LogP contribution in [0.5, 0.6) is 0 Å². The first-order chi connectivity index (χ1) is 7.52. The highest BCUT2D eigenvalue weighted by atomic mass is 32.2. The van der Waals surface area contributed by atoms with Crippen molar-refractivity contribution in [2.45, 2.75) is 19.9 Å². The van der Waals surface area contributed by atoms with Crippen LogP contribution in [0.2, 0.25) is 0 Å². The number of carboxylic acids is 1. The zero-order chi connectivity index (χ0) is 12.1. The zero-order valence-corrected chi connectivity index (χ0v) is 10.5. The fourth-order valence-electron chi connectivity index (χ4n) is 1.41. The molecule has 0 radical (unpaired) electrons. The summed E-state index contributed by atoms with van der Waals surface area (Å²) in [6, 6.07) is 3.39.